The summed E-state index contributed by atoms with van der Waals surface area (Å²) in [6.45, 7) is 2.65. The molecule has 0 atom stereocenters. The molecule has 0 aliphatic carbocycles. The first kappa shape index (κ1) is 18.8. The highest BCUT2D eigenvalue weighted by Gasteiger charge is 2.14. The highest BCUT2D eigenvalue weighted by Crippen LogP contribution is 2.27. The molecule has 3 rings (SSSR count). The van der Waals surface area contributed by atoms with Gasteiger partial charge in [-0.2, -0.15) is 8.42 Å². The molecule has 7 heteroatoms. The van der Waals surface area contributed by atoms with Gasteiger partial charge in [-0.15, -0.1) is 0 Å². The van der Waals surface area contributed by atoms with Crippen LogP contribution < -0.4 is 4.74 Å². The van der Waals surface area contributed by atoms with Gasteiger partial charge in [0.15, 0.2) is 0 Å². The molecule has 3 aromatic rings. The van der Waals surface area contributed by atoms with Gasteiger partial charge in [0.25, 0.3) is 15.3 Å². The predicted octanol–water partition coefficient (Wildman–Crippen LogP) is 4.56. The highest BCUT2D eigenvalue weighted by molar-refractivity contribution is 7.86. The molecule has 0 bridgehead atoms. The van der Waals surface area contributed by atoms with Crippen molar-refractivity contribution in [1.82, 2.24) is 4.98 Å². The molecule has 26 heavy (non-hydrogen) atoms. The normalized spacial score (nSPS) is 11.7. The number of aromatic nitrogens is 1. The van der Waals surface area contributed by atoms with Crippen LogP contribution in [0.3, 0.4) is 0 Å². The molecular formula is C19H21NO4S2. The maximum atomic E-state index is 12.0. The molecule has 5 nitrogen and oxygen atoms in total. The Morgan fingerprint density at radius 3 is 2.46 bits per heavy atom. The Hall–Kier alpha value is -1.96. The van der Waals surface area contributed by atoms with E-state index in [2.05, 4.69) is 4.98 Å². The van der Waals surface area contributed by atoms with Crippen molar-refractivity contribution in [2.45, 2.75) is 31.1 Å². The van der Waals surface area contributed by atoms with Crippen molar-refractivity contribution in [3.63, 3.8) is 0 Å². The van der Waals surface area contributed by atoms with Crippen LogP contribution in [0.25, 0.3) is 10.2 Å². The van der Waals surface area contributed by atoms with Crippen LogP contribution in [0.2, 0.25) is 0 Å². The zero-order chi connectivity index (χ0) is 18.4. The van der Waals surface area contributed by atoms with E-state index in [1.54, 1.807) is 24.3 Å². The van der Waals surface area contributed by atoms with Gasteiger partial charge in [-0.1, -0.05) is 41.2 Å². The van der Waals surface area contributed by atoms with Crippen molar-refractivity contribution < 1.29 is 17.3 Å². The lowest BCUT2D eigenvalue weighted by atomic mass is 10.2. The average molecular weight is 392 g/mol. The Labute approximate surface area is 157 Å². The summed E-state index contributed by atoms with van der Waals surface area (Å²) >= 11 is 1.53. The zero-order valence-electron chi connectivity index (χ0n) is 14.6. The Morgan fingerprint density at radius 1 is 0.962 bits per heavy atom. The summed E-state index contributed by atoms with van der Waals surface area (Å²) in [5.74, 6) is 0. The minimum absolute atomic E-state index is 0.178. The largest absolute Gasteiger partial charge is 0.470 e. The Morgan fingerprint density at radius 2 is 1.69 bits per heavy atom. The second-order valence-corrected chi connectivity index (χ2v) is 8.55. The number of hydrogen-bond donors (Lipinski definition) is 0. The fraction of sp³-hybridized carbons (Fsp3) is 0.316. The molecule has 1 heterocycles. The molecule has 0 aliphatic rings. The molecule has 0 fully saturated rings. The van der Waals surface area contributed by atoms with E-state index in [-0.39, 0.29) is 11.5 Å². The van der Waals surface area contributed by atoms with E-state index in [1.165, 1.54) is 11.3 Å². The number of nitrogens with zero attached hydrogens (tertiary/aromatic N) is 1. The molecule has 0 saturated heterocycles. The van der Waals surface area contributed by atoms with E-state index >= 15 is 0 Å². The summed E-state index contributed by atoms with van der Waals surface area (Å²) in [6, 6.07) is 14.6. The number of unbranched alkanes of at least 4 members (excludes halogenated alkanes) is 2. The van der Waals surface area contributed by atoms with Crippen LogP contribution in [0.4, 0.5) is 0 Å². The second kappa shape index (κ2) is 8.62. The van der Waals surface area contributed by atoms with Crippen LogP contribution in [0.15, 0.2) is 53.4 Å². The molecule has 0 unspecified atom stereocenters. The van der Waals surface area contributed by atoms with Gasteiger partial charge in [0.05, 0.1) is 28.3 Å². The average Bonchev–Trinajstić information content (AvgIpc) is 3.04. The number of hydrogen-bond acceptors (Lipinski definition) is 6. The number of fused-ring (bicyclic) bond motifs is 1. The monoisotopic (exact) mass is 391 g/mol. The molecule has 0 radical (unpaired) electrons. The van der Waals surface area contributed by atoms with Crippen LogP contribution in [0, 0.1) is 6.92 Å². The number of benzene rings is 2. The number of rotatable bonds is 9. The molecule has 0 aliphatic heterocycles. The van der Waals surface area contributed by atoms with Crippen molar-refractivity contribution in [2.24, 2.45) is 0 Å². The number of para-hydroxylation sites is 1. The smallest absolute Gasteiger partial charge is 0.296 e. The van der Waals surface area contributed by atoms with E-state index in [1.807, 2.05) is 31.2 Å². The van der Waals surface area contributed by atoms with Crippen LogP contribution in [-0.4, -0.2) is 26.6 Å². The summed E-state index contributed by atoms with van der Waals surface area (Å²) < 4.78 is 36.0. The maximum absolute atomic E-state index is 12.0. The lowest BCUT2D eigenvalue weighted by Gasteiger charge is -2.06. The standard InChI is InChI=1S/C19H21NO4S2/c1-15-9-11-16(12-10-15)26(21,22)24-14-6-2-5-13-23-19-20-17-7-3-4-8-18(17)25-19/h3-4,7-12H,2,5-6,13-14H2,1H3. The lowest BCUT2D eigenvalue weighted by molar-refractivity contribution is 0.281. The van der Waals surface area contributed by atoms with E-state index in [0.717, 1.165) is 28.6 Å². The van der Waals surface area contributed by atoms with E-state index in [9.17, 15) is 8.42 Å². The molecule has 2 aromatic carbocycles. The molecule has 138 valence electrons. The summed E-state index contributed by atoms with van der Waals surface area (Å²) in [5, 5.41) is 0.671. The van der Waals surface area contributed by atoms with Gasteiger partial charge < -0.3 is 4.74 Å². The van der Waals surface area contributed by atoms with Gasteiger partial charge in [-0.25, -0.2) is 4.98 Å². The van der Waals surface area contributed by atoms with Crippen LogP contribution >= 0.6 is 11.3 Å². The Kier molecular flexibility index (Phi) is 6.24. The van der Waals surface area contributed by atoms with E-state index < -0.39 is 10.1 Å². The fourth-order valence-corrected chi connectivity index (χ4v) is 4.18. The quantitative estimate of drug-likeness (QED) is 0.395. The van der Waals surface area contributed by atoms with Gasteiger partial charge in [0.1, 0.15) is 0 Å². The first-order valence-electron chi connectivity index (χ1n) is 8.49. The zero-order valence-corrected chi connectivity index (χ0v) is 16.2. The topological polar surface area (TPSA) is 65.5 Å². The highest BCUT2D eigenvalue weighted by atomic mass is 32.2. The van der Waals surface area contributed by atoms with E-state index in [0.29, 0.717) is 18.2 Å². The summed E-state index contributed by atoms with van der Waals surface area (Å²) in [4.78, 5) is 4.61. The van der Waals surface area contributed by atoms with Gasteiger partial charge in [-0.3, -0.25) is 4.18 Å². The Balaban J connectivity index is 1.34. The maximum Gasteiger partial charge on any atom is 0.296 e. The van der Waals surface area contributed by atoms with Crippen LogP contribution in [0.1, 0.15) is 24.8 Å². The molecule has 0 amide bonds. The van der Waals surface area contributed by atoms with E-state index in [4.69, 9.17) is 8.92 Å². The third kappa shape index (κ3) is 5.03. The molecule has 0 spiro atoms. The number of aryl methyl sites for hydroxylation is 1. The third-order valence-corrected chi connectivity index (χ3v) is 6.11. The minimum atomic E-state index is -3.67. The van der Waals surface area contributed by atoms with Gasteiger partial charge in [-0.05, 0) is 50.5 Å². The van der Waals surface area contributed by atoms with Gasteiger partial charge in [0, 0.05) is 0 Å². The summed E-state index contributed by atoms with van der Waals surface area (Å²) in [6.07, 6.45) is 2.31. The van der Waals surface area contributed by atoms with Crippen molar-refractivity contribution >= 4 is 31.7 Å². The van der Waals surface area contributed by atoms with Crippen molar-refractivity contribution in [3.8, 4) is 5.19 Å². The molecule has 1 aromatic heterocycles. The summed E-state index contributed by atoms with van der Waals surface area (Å²) in [5.41, 5.74) is 1.96. The third-order valence-electron chi connectivity index (χ3n) is 3.84. The van der Waals surface area contributed by atoms with Gasteiger partial charge >= 0.3 is 0 Å². The summed E-state index contributed by atoms with van der Waals surface area (Å²) in [7, 11) is -3.67. The molecule has 0 saturated carbocycles. The lowest BCUT2D eigenvalue weighted by Crippen LogP contribution is -2.08. The van der Waals surface area contributed by atoms with Crippen molar-refractivity contribution in [2.75, 3.05) is 13.2 Å². The first-order valence-corrected chi connectivity index (χ1v) is 10.7. The molecule has 0 N–H and O–H groups in total. The number of ether oxygens (including phenoxy) is 1. The predicted molar refractivity (Wildman–Crippen MR) is 103 cm³/mol. The SMILES string of the molecule is Cc1ccc(S(=O)(=O)OCCCCCOc2nc3ccccc3s2)cc1. The molecular weight excluding hydrogens is 370 g/mol. The van der Waals surface area contributed by atoms with Gasteiger partial charge in [0.2, 0.25) is 0 Å². The van der Waals surface area contributed by atoms with Crippen molar-refractivity contribution in [1.29, 1.82) is 0 Å². The number of thiazole rings is 1. The second-order valence-electron chi connectivity index (χ2n) is 5.95. The fourth-order valence-electron chi connectivity index (χ4n) is 2.39. The first-order chi connectivity index (χ1) is 12.5. The van der Waals surface area contributed by atoms with Crippen LogP contribution in [0.5, 0.6) is 5.19 Å². The van der Waals surface area contributed by atoms with Crippen LogP contribution in [-0.2, 0) is 14.3 Å². The van der Waals surface area contributed by atoms with Crippen molar-refractivity contribution in [3.05, 3.63) is 54.1 Å². The Bertz CT molecular complexity index is 916. The minimum Gasteiger partial charge on any atom is -0.470 e.